The Balaban J connectivity index is 3.62. The van der Waals surface area contributed by atoms with Crippen molar-refractivity contribution in [2.45, 2.75) is 37.8 Å². The number of hydrogen-bond donors (Lipinski definition) is 4. The number of rotatable bonds is 9. The lowest BCUT2D eigenvalue weighted by molar-refractivity contribution is -0.148. The largest absolute Gasteiger partial charge is 0.462 e. The molecular formula is C10H23N3O3. The minimum absolute atomic E-state index is 0.0410. The number of carbonyl (C=O) groups is 1. The molecule has 6 heteroatoms. The van der Waals surface area contributed by atoms with Gasteiger partial charge in [-0.2, -0.15) is 0 Å². The average Bonchev–Trinajstić information content (AvgIpc) is 2.26. The molecule has 0 saturated carbocycles. The Labute approximate surface area is 96.1 Å². The van der Waals surface area contributed by atoms with E-state index in [0.29, 0.717) is 25.9 Å². The molecule has 96 valence electrons. The van der Waals surface area contributed by atoms with Crippen LogP contribution in [0.2, 0.25) is 0 Å². The Hall–Kier alpha value is -0.690. The molecular weight excluding hydrogens is 210 g/mol. The van der Waals surface area contributed by atoms with Gasteiger partial charge in [-0.05, 0) is 32.4 Å². The Morgan fingerprint density at radius 2 is 1.88 bits per heavy atom. The number of aliphatic hydroxyl groups excluding tert-OH is 1. The van der Waals surface area contributed by atoms with Crippen LogP contribution in [0.15, 0.2) is 0 Å². The number of unbranched alkanes of at least 4 members (excludes halogenated alkanes) is 1. The zero-order chi connectivity index (χ0) is 12.4. The van der Waals surface area contributed by atoms with E-state index in [1.807, 2.05) is 0 Å². The monoisotopic (exact) mass is 233 g/mol. The van der Waals surface area contributed by atoms with Crippen molar-refractivity contribution in [1.82, 2.24) is 0 Å². The van der Waals surface area contributed by atoms with Crippen molar-refractivity contribution in [3.8, 4) is 0 Å². The number of carbonyl (C=O) groups excluding carboxylic acids is 1. The van der Waals surface area contributed by atoms with Crippen LogP contribution in [0, 0.1) is 0 Å². The fourth-order valence-electron chi connectivity index (χ4n) is 1.19. The molecule has 0 bridgehead atoms. The van der Waals surface area contributed by atoms with Crippen LogP contribution in [0.4, 0.5) is 0 Å². The SMILES string of the molecule is NCCCC[C@H](N)C(=O)OC[C@@H](O)CCN. The Kier molecular flexibility index (Phi) is 9.12. The third-order valence-electron chi connectivity index (χ3n) is 2.19. The predicted molar refractivity (Wildman–Crippen MR) is 61.5 cm³/mol. The number of esters is 1. The number of ether oxygens (including phenoxy) is 1. The first-order valence-electron chi connectivity index (χ1n) is 5.62. The number of hydrogen-bond acceptors (Lipinski definition) is 6. The maximum atomic E-state index is 11.3. The third-order valence-corrected chi connectivity index (χ3v) is 2.19. The highest BCUT2D eigenvalue weighted by molar-refractivity contribution is 5.75. The summed E-state index contributed by atoms with van der Waals surface area (Å²) in [5.41, 5.74) is 16.2. The Bertz CT molecular complexity index is 190. The third kappa shape index (κ3) is 7.58. The summed E-state index contributed by atoms with van der Waals surface area (Å²) < 4.78 is 4.85. The van der Waals surface area contributed by atoms with Gasteiger partial charge in [0.25, 0.3) is 0 Å². The van der Waals surface area contributed by atoms with Gasteiger partial charge in [-0.3, -0.25) is 4.79 Å². The molecule has 0 heterocycles. The molecule has 0 aliphatic heterocycles. The fourth-order valence-corrected chi connectivity index (χ4v) is 1.19. The number of nitrogens with two attached hydrogens (primary N) is 3. The molecule has 6 nitrogen and oxygen atoms in total. The highest BCUT2D eigenvalue weighted by atomic mass is 16.5. The molecule has 0 aromatic rings. The van der Waals surface area contributed by atoms with Crippen molar-refractivity contribution in [2.24, 2.45) is 17.2 Å². The summed E-state index contributed by atoms with van der Waals surface area (Å²) >= 11 is 0. The Morgan fingerprint density at radius 3 is 2.44 bits per heavy atom. The van der Waals surface area contributed by atoms with E-state index in [0.717, 1.165) is 12.8 Å². The van der Waals surface area contributed by atoms with Crippen LogP contribution in [-0.4, -0.2) is 42.9 Å². The van der Waals surface area contributed by atoms with Gasteiger partial charge in [0.15, 0.2) is 0 Å². The summed E-state index contributed by atoms with van der Waals surface area (Å²) in [5.74, 6) is -0.479. The van der Waals surface area contributed by atoms with E-state index in [2.05, 4.69) is 0 Å². The topological polar surface area (TPSA) is 125 Å². The second-order valence-corrected chi connectivity index (χ2v) is 3.75. The molecule has 0 aromatic carbocycles. The lowest BCUT2D eigenvalue weighted by Gasteiger charge is -2.13. The maximum absolute atomic E-state index is 11.3. The van der Waals surface area contributed by atoms with E-state index < -0.39 is 18.1 Å². The second-order valence-electron chi connectivity index (χ2n) is 3.75. The van der Waals surface area contributed by atoms with E-state index >= 15 is 0 Å². The average molecular weight is 233 g/mol. The second kappa shape index (κ2) is 9.53. The molecule has 0 aromatic heterocycles. The summed E-state index contributed by atoms with van der Waals surface area (Å²) in [4.78, 5) is 11.3. The molecule has 0 saturated heterocycles. The highest BCUT2D eigenvalue weighted by Crippen LogP contribution is 2.01. The summed E-state index contributed by atoms with van der Waals surface area (Å²) in [7, 11) is 0. The normalized spacial score (nSPS) is 14.5. The lowest BCUT2D eigenvalue weighted by Crippen LogP contribution is -2.34. The maximum Gasteiger partial charge on any atom is 0.322 e. The zero-order valence-corrected chi connectivity index (χ0v) is 9.60. The fraction of sp³-hybridized carbons (Fsp3) is 0.900. The van der Waals surface area contributed by atoms with Crippen molar-refractivity contribution in [1.29, 1.82) is 0 Å². The van der Waals surface area contributed by atoms with E-state index in [1.165, 1.54) is 0 Å². The first kappa shape index (κ1) is 15.3. The molecule has 7 N–H and O–H groups in total. The van der Waals surface area contributed by atoms with Crippen molar-refractivity contribution in [2.75, 3.05) is 19.7 Å². The molecule has 0 spiro atoms. The van der Waals surface area contributed by atoms with Crippen LogP contribution in [0.5, 0.6) is 0 Å². The van der Waals surface area contributed by atoms with Crippen LogP contribution in [0.3, 0.4) is 0 Å². The van der Waals surface area contributed by atoms with Gasteiger partial charge in [0.2, 0.25) is 0 Å². The summed E-state index contributed by atoms with van der Waals surface area (Å²) in [6, 6.07) is -0.628. The Morgan fingerprint density at radius 1 is 1.19 bits per heavy atom. The van der Waals surface area contributed by atoms with Crippen LogP contribution < -0.4 is 17.2 Å². The molecule has 2 atom stereocenters. The minimum Gasteiger partial charge on any atom is -0.462 e. The molecule has 0 aliphatic carbocycles. The van der Waals surface area contributed by atoms with Crippen LogP contribution in [0.25, 0.3) is 0 Å². The standard InChI is InChI=1S/C10H23N3O3/c11-5-2-1-3-9(13)10(15)16-7-8(14)4-6-12/h8-9,14H,1-7,11-13H2/t8-,9-/m0/s1. The quantitative estimate of drug-likeness (QED) is 0.290. The van der Waals surface area contributed by atoms with E-state index in [9.17, 15) is 9.90 Å². The first-order valence-corrected chi connectivity index (χ1v) is 5.62. The van der Waals surface area contributed by atoms with Crippen LogP contribution in [-0.2, 0) is 9.53 Å². The summed E-state index contributed by atoms with van der Waals surface area (Å²) in [5, 5.41) is 9.28. The molecule has 0 fully saturated rings. The van der Waals surface area contributed by atoms with Gasteiger partial charge in [0.05, 0.1) is 6.10 Å². The summed E-state index contributed by atoms with van der Waals surface area (Å²) in [6.45, 7) is 0.916. The van der Waals surface area contributed by atoms with Crippen molar-refractivity contribution in [3.05, 3.63) is 0 Å². The van der Waals surface area contributed by atoms with Gasteiger partial charge < -0.3 is 27.0 Å². The smallest absolute Gasteiger partial charge is 0.322 e. The molecule has 16 heavy (non-hydrogen) atoms. The van der Waals surface area contributed by atoms with Gasteiger partial charge in [-0.25, -0.2) is 0 Å². The van der Waals surface area contributed by atoms with Gasteiger partial charge in [-0.15, -0.1) is 0 Å². The van der Waals surface area contributed by atoms with E-state index in [1.54, 1.807) is 0 Å². The van der Waals surface area contributed by atoms with Crippen molar-refractivity contribution in [3.63, 3.8) is 0 Å². The minimum atomic E-state index is -0.704. The van der Waals surface area contributed by atoms with E-state index in [4.69, 9.17) is 21.9 Å². The van der Waals surface area contributed by atoms with Crippen molar-refractivity contribution < 1.29 is 14.6 Å². The zero-order valence-electron chi connectivity index (χ0n) is 9.60. The molecule has 0 rings (SSSR count). The highest BCUT2D eigenvalue weighted by Gasteiger charge is 2.15. The predicted octanol–water partition coefficient (Wildman–Crippen LogP) is -1.30. The molecule has 0 radical (unpaired) electrons. The number of aliphatic hydroxyl groups is 1. The first-order chi connectivity index (χ1) is 7.61. The van der Waals surface area contributed by atoms with Gasteiger partial charge in [-0.1, -0.05) is 6.42 Å². The summed E-state index contributed by atoms with van der Waals surface area (Å²) in [6.07, 6.45) is 1.92. The molecule has 0 unspecified atom stereocenters. The van der Waals surface area contributed by atoms with Crippen LogP contribution >= 0.6 is 0 Å². The molecule has 0 amide bonds. The van der Waals surface area contributed by atoms with Crippen LogP contribution in [0.1, 0.15) is 25.7 Å². The van der Waals surface area contributed by atoms with Crippen molar-refractivity contribution >= 4 is 5.97 Å². The lowest BCUT2D eigenvalue weighted by atomic mass is 10.1. The molecule has 0 aliphatic rings. The van der Waals surface area contributed by atoms with Gasteiger partial charge >= 0.3 is 5.97 Å². The van der Waals surface area contributed by atoms with Gasteiger partial charge in [0.1, 0.15) is 12.6 Å². The van der Waals surface area contributed by atoms with E-state index in [-0.39, 0.29) is 6.61 Å². The van der Waals surface area contributed by atoms with Gasteiger partial charge in [0, 0.05) is 0 Å².